The highest BCUT2D eigenvalue weighted by molar-refractivity contribution is 7.52. The summed E-state index contributed by atoms with van der Waals surface area (Å²) in [6.07, 6.45) is -7.05. The fraction of sp³-hybridized carbons (Fsp3) is 0.543. The van der Waals surface area contributed by atoms with Crippen LogP contribution in [-0.4, -0.2) is 100 Å². The van der Waals surface area contributed by atoms with Gasteiger partial charge in [-0.25, -0.2) is 14.1 Å². The number of piperidine rings is 1. The number of halogens is 3. The number of carbonyl (C=O) groups excluding carboxylic acids is 3. The van der Waals surface area contributed by atoms with Gasteiger partial charge in [-0.1, -0.05) is 32.0 Å². The SMILES string of the molecule is CCC(=O)O[C@@H]1[C@H](c2ccc3c(N)ncnn23)O[C@](C#N)(COP(=O)(N[C@@H](C)C(=O)OCC2CCN(CC(F)(F)F)CC2)Oc2ccccc2)[C@H]1OC(=O)CC. The summed E-state index contributed by atoms with van der Waals surface area (Å²) in [5.74, 6) is -2.40. The van der Waals surface area contributed by atoms with E-state index in [2.05, 4.69) is 15.2 Å². The van der Waals surface area contributed by atoms with E-state index >= 15 is 0 Å². The number of nitriles is 1. The molecule has 1 unspecified atom stereocenters. The van der Waals surface area contributed by atoms with Crippen LogP contribution in [0.1, 0.15) is 58.3 Å². The molecule has 0 saturated carbocycles. The fourth-order valence-electron chi connectivity index (χ4n) is 6.26. The number of ether oxygens (including phenoxy) is 4. The molecule has 21 heteroatoms. The zero-order valence-electron chi connectivity index (χ0n) is 30.8. The predicted molar refractivity (Wildman–Crippen MR) is 189 cm³/mol. The van der Waals surface area contributed by atoms with E-state index in [1.54, 1.807) is 30.3 Å². The number of rotatable bonds is 16. The van der Waals surface area contributed by atoms with Crippen LogP contribution in [0.3, 0.4) is 0 Å². The number of anilines is 1. The van der Waals surface area contributed by atoms with Gasteiger partial charge in [0.1, 0.15) is 42.4 Å². The van der Waals surface area contributed by atoms with Crippen molar-refractivity contribution in [2.75, 3.05) is 38.6 Å². The maximum absolute atomic E-state index is 14.5. The molecule has 4 heterocycles. The predicted octanol–water partition coefficient (Wildman–Crippen LogP) is 4.29. The third kappa shape index (κ3) is 10.3. The van der Waals surface area contributed by atoms with Gasteiger partial charge in [-0.2, -0.15) is 28.6 Å². The largest absolute Gasteiger partial charge is 0.464 e. The van der Waals surface area contributed by atoms with Gasteiger partial charge in [-0.05, 0) is 63.0 Å². The lowest BCUT2D eigenvalue weighted by Crippen LogP contribution is -2.49. The van der Waals surface area contributed by atoms with Crippen LogP contribution in [0.2, 0.25) is 0 Å². The number of esters is 3. The summed E-state index contributed by atoms with van der Waals surface area (Å²) in [7, 11) is -4.68. The van der Waals surface area contributed by atoms with Crippen LogP contribution in [-0.2, 0) is 42.4 Å². The second kappa shape index (κ2) is 18.0. The smallest absolute Gasteiger partial charge is 0.459 e. The summed E-state index contributed by atoms with van der Waals surface area (Å²) in [6.45, 7) is 2.72. The van der Waals surface area contributed by atoms with Gasteiger partial charge in [-0.3, -0.25) is 23.8 Å². The molecule has 56 heavy (non-hydrogen) atoms. The van der Waals surface area contributed by atoms with Gasteiger partial charge in [0.15, 0.2) is 18.0 Å². The van der Waals surface area contributed by atoms with Gasteiger partial charge < -0.3 is 29.2 Å². The molecule has 2 aliphatic heterocycles. The number of para-hydroxylation sites is 1. The second-order valence-corrected chi connectivity index (χ2v) is 15.0. The van der Waals surface area contributed by atoms with Crippen LogP contribution in [0.4, 0.5) is 19.0 Å². The number of hydrogen-bond donors (Lipinski definition) is 2. The third-order valence-corrected chi connectivity index (χ3v) is 10.8. The maximum Gasteiger partial charge on any atom is 0.459 e. The van der Waals surface area contributed by atoms with Crippen LogP contribution in [0.15, 0.2) is 48.8 Å². The molecular formula is C35H43F3N7O10P. The third-order valence-electron chi connectivity index (χ3n) is 9.18. The van der Waals surface area contributed by atoms with Crippen molar-refractivity contribution in [2.24, 2.45) is 5.92 Å². The lowest BCUT2D eigenvalue weighted by molar-refractivity contribution is -0.169. The first-order chi connectivity index (χ1) is 26.6. The van der Waals surface area contributed by atoms with Crippen molar-refractivity contribution in [1.82, 2.24) is 24.6 Å². The van der Waals surface area contributed by atoms with E-state index in [0.29, 0.717) is 18.4 Å². The molecule has 3 aromatic rings. The molecule has 1 aromatic carbocycles. The molecule has 0 amide bonds. The Hall–Kier alpha value is -4.80. The first kappa shape index (κ1) is 42.3. The molecule has 0 aliphatic carbocycles. The minimum absolute atomic E-state index is 0.0476. The fourth-order valence-corrected chi connectivity index (χ4v) is 7.78. The van der Waals surface area contributed by atoms with Crippen LogP contribution in [0.25, 0.3) is 5.52 Å². The Labute approximate surface area is 320 Å². The number of alkyl halides is 3. The monoisotopic (exact) mass is 809 g/mol. The van der Waals surface area contributed by atoms with Gasteiger partial charge >= 0.3 is 31.8 Å². The number of likely N-dealkylation sites (tertiary alicyclic amines) is 1. The second-order valence-electron chi connectivity index (χ2n) is 13.3. The minimum Gasteiger partial charge on any atom is -0.464 e. The summed E-state index contributed by atoms with van der Waals surface area (Å²) < 4.78 is 89.2. The normalized spacial score (nSPS) is 23.5. The lowest BCUT2D eigenvalue weighted by Gasteiger charge is -2.32. The number of fused-ring (bicyclic) bond motifs is 1. The van der Waals surface area contributed by atoms with Gasteiger partial charge in [-0.15, -0.1) is 0 Å². The van der Waals surface area contributed by atoms with Crippen LogP contribution < -0.4 is 15.3 Å². The number of nitrogens with one attached hydrogen (secondary N) is 1. The summed E-state index contributed by atoms with van der Waals surface area (Å²) >= 11 is 0. The topological polar surface area (TPSA) is 219 Å². The molecule has 3 N–H and O–H groups in total. The Kier molecular flexibility index (Phi) is 13.6. The summed E-state index contributed by atoms with van der Waals surface area (Å²) in [6, 6.07) is 11.5. The van der Waals surface area contributed by atoms with Gasteiger partial charge in [0.2, 0.25) is 5.60 Å². The van der Waals surface area contributed by atoms with E-state index in [0.717, 1.165) is 0 Å². The molecule has 0 radical (unpaired) electrons. The molecule has 0 spiro atoms. The van der Waals surface area contributed by atoms with E-state index in [1.165, 1.54) is 48.6 Å². The summed E-state index contributed by atoms with van der Waals surface area (Å²) in [4.78, 5) is 44.0. The average Bonchev–Trinajstić information content (AvgIpc) is 3.73. The van der Waals surface area contributed by atoms with E-state index in [-0.39, 0.29) is 55.7 Å². The molecule has 6 atom stereocenters. The Morgan fingerprint density at radius 3 is 2.43 bits per heavy atom. The summed E-state index contributed by atoms with van der Waals surface area (Å²) in [5.41, 5.74) is 4.33. The number of nitrogens with two attached hydrogens (primary N) is 1. The van der Waals surface area contributed by atoms with Gasteiger partial charge in [0.05, 0.1) is 18.8 Å². The number of carbonyl (C=O) groups is 3. The molecule has 2 aromatic heterocycles. The number of hydrogen-bond acceptors (Lipinski definition) is 15. The van der Waals surface area contributed by atoms with Crippen molar-refractivity contribution in [3.05, 3.63) is 54.5 Å². The molecule has 17 nitrogen and oxygen atoms in total. The number of benzene rings is 1. The average molecular weight is 810 g/mol. The number of nitrogen functional groups attached to an aromatic ring is 1. The quantitative estimate of drug-likeness (QED) is 0.117. The van der Waals surface area contributed by atoms with Crippen molar-refractivity contribution >= 4 is 37.0 Å². The molecule has 0 bridgehead atoms. The number of aromatic nitrogens is 3. The maximum atomic E-state index is 14.5. The van der Waals surface area contributed by atoms with Crippen LogP contribution >= 0.6 is 7.75 Å². The molecule has 5 rings (SSSR count). The van der Waals surface area contributed by atoms with Crippen molar-refractivity contribution in [1.29, 1.82) is 5.26 Å². The highest BCUT2D eigenvalue weighted by Gasteiger charge is 2.62. The molecule has 2 saturated heterocycles. The van der Waals surface area contributed by atoms with Gasteiger partial charge in [0, 0.05) is 12.8 Å². The lowest BCUT2D eigenvalue weighted by atomic mass is 9.95. The first-order valence-electron chi connectivity index (χ1n) is 17.9. The molecule has 304 valence electrons. The first-order valence-corrected chi connectivity index (χ1v) is 19.4. The Balaban J connectivity index is 1.39. The molecule has 2 fully saturated rings. The van der Waals surface area contributed by atoms with Crippen molar-refractivity contribution in [2.45, 2.75) is 82.6 Å². The van der Waals surface area contributed by atoms with Gasteiger partial charge in [0.25, 0.3) is 0 Å². The van der Waals surface area contributed by atoms with Crippen LogP contribution in [0.5, 0.6) is 5.75 Å². The minimum atomic E-state index is -4.68. The molecular weight excluding hydrogens is 766 g/mol. The highest BCUT2D eigenvalue weighted by Crippen LogP contribution is 2.50. The zero-order chi connectivity index (χ0) is 40.7. The Morgan fingerprint density at radius 2 is 1.79 bits per heavy atom. The van der Waals surface area contributed by atoms with E-state index in [9.17, 15) is 37.4 Å². The van der Waals surface area contributed by atoms with Crippen LogP contribution in [0, 0.1) is 17.2 Å². The summed E-state index contributed by atoms with van der Waals surface area (Å²) in [5, 5.41) is 17.5. The Bertz CT molecular complexity index is 1940. The van der Waals surface area contributed by atoms with Crippen molar-refractivity contribution in [3.8, 4) is 11.8 Å². The number of nitrogens with zero attached hydrogens (tertiary/aromatic N) is 5. The van der Waals surface area contributed by atoms with E-state index in [1.807, 2.05) is 6.07 Å². The van der Waals surface area contributed by atoms with Crippen molar-refractivity contribution in [3.63, 3.8) is 0 Å². The zero-order valence-corrected chi connectivity index (χ0v) is 31.7. The van der Waals surface area contributed by atoms with E-state index < -0.39 is 74.9 Å². The highest BCUT2D eigenvalue weighted by atomic mass is 31.2. The van der Waals surface area contributed by atoms with E-state index in [4.69, 9.17) is 33.7 Å². The van der Waals surface area contributed by atoms with Crippen molar-refractivity contribution < 1.29 is 60.1 Å². The Morgan fingerprint density at radius 1 is 1.11 bits per heavy atom. The molecule has 2 aliphatic rings. The standard InChI is InChI=1S/C35H43F3N7O10P/c1-4-27(46)52-30-29(25-11-12-26-32(40)41-21-42-45(25)26)54-34(18-39,31(30)53-28(47)5-2)20-51-56(49,55-24-9-7-6-8-10-24)43-22(3)33(48)50-17-23-13-15-44(16-14-23)19-35(36,37)38/h6-12,21-23,29-31H,4-5,13-17,19-20H2,1-3H3,(H,43,49)(H2,40,41,42)/t22-,29-,30+,31-,34+,56?/m0/s1.